The van der Waals surface area contributed by atoms with Gasteiger partial charge in [-0.25, -0.2) is 4.98 Å². The van der Waals surface area contributed by atoms with Crippen molar-refractivity contribution in [2.45, 2.75) is 19.8 Å². The first-order chi connectivity index (χ1) is 9.61. The molecule has 2 N–H and O–H groups in total. The fourth-order valence-corrected chi connectivity index (χ4v) is 2.55. The van der Waals surface area contributed by atoms with Crippen molar-refractivity contribution in [3.8, 4) is 0 Å². The number of thiazole rings is 1. The van der Waals surface area contributed by atoms with Crippen molar-refractivity contribution in [3.63, 3.8) is 0 Å². The second-order valence-corrected chi connectivity index (χ2v) is 5.53. The summed E-state index contributed by atoms with van der Waals surface area (Å²) in [5, 5.41) is 8.92. The molecule has 0 aliphatic heterocycles. The van der Waals surface area contributed by atoms with E-state index in [1.54, 1.807) is 30.8 Å². The van der Waals surface area contributed by atoms with Crippen molar-refractivity contribution in [1.29, 1.82) is 0 Å². The Balaban J connectivity index is 2.02. The van der Waals surface area contributed by atoms with Crippen LogP contribution in [0.25, 0.3) is 0 Å². The predicted octanol–water partition coefficient (Wildman–Crippen LogP) is 2.42. The van der Waals surface area contributed by atoms with E-state index in [4.69, 9.17) is 0 Å². The number of carbonyl (C=O) groups is 1. The Morgan fingerprint density at radius 3 is 2.90 bits per heavy atom. The smallest absolute Gasteiger partial charge is 0.254 e. The quantitative estimate of drug-likeness (QED) is 0.887. The summed E-state index contributed by atoms with van der Waals surface area (Å²) >= 11 is 1.60. The average Bonchev–Trinajstić information content (AvgIpc) is 2.98. The van der Waals surface area contributed by atoms with Gasteiger partial charge in [-0.3, -0.25) is 9.78 Å². The van der Waals surface area contributed by atoms with Crippen LogP contribution in [0.1, 0.15) is 33.9 Å². The molecule has 1 unspecified atom stereocenters. The maximum absolute atomic E-state index is 12.2. The molecule has 2 rings (SSSR count). The lowest BCUT2D eigenvalue weighted by molar-refractivity contribution is 0.0952. The van der Waals surface area contributed by atoms with Crippen LogP contribution < -0.4 is 10.6 Å². The van der Waals surface area contributed by atoms with Crippen molar-refractivity contribution in [1.82, 2.24) is 15.3 Å². The van der Waals surface area contributed by atoms with Crippen molar-refractivity contribution in [2.75, 3.05) is 18.9 Å². The molecule has 5 nitrogen and oxygen atoms in total. The fourth-order valence-electron chi connectivity index (χ4n) is 1.85. The van der Waals surface area contributed by atoms with Gasteiger partial charge in [-0.1, -0.05) is 6.92 Å². The van der Waals surface area contributed by atoms with Crippen molar-refractivity contribution >= 4 is 22.9 Å². The van der Waals surface area contributed by atoms with E-state index >= 15 is 0 Å². The summed E-state index contributed by atoms with van der Waals surface area (Å²) in [5.74, 6) is 0.0839. The predicted molar refractivity (Wildman–Crippen MR) is 81.4 cm³/mol. The topological polar surface area (TPSA) is 66.9 Å². The van der Waals surface area contributed by atoms with E-state index in [9.17, 15) is 4.79 Å². The summed E-state index contributed by atoms with van der Waals surface area (Å²) in [7, 11) is 1.80. The van der Waals surface area contributed by atoms with Crippen LogP contribution in [0.5, 0.6) is 0 Å². The highest BCUT2D eigenvalue weighted by molar-refractivity contribution is 7.09. The number of hydrogen-bond acceptors (Lipinski definition) is 5. The van der Waals surface area contributed by atoms with Gasteiger partial charge in [0.05, 0.1) is 16.3 Å². The number of pyridine rings is 1. The lowest BCUT2D eigenvalue weighted by Crippen LogP contribution is -2.28. The molecular formula is C14H18N4OS. The number of nitrogens with zero attached hydrogens (tertiary/aromatic N) is 2. The van der Waals surface area contributed by atoms with E-state index in [2.05, 4.69) is 20.6 Å². The summed E-state index contributed by atoms with van der Waals surface area (Å²) in [6.45, 7) is 4.50. The Labute approximate surface area is 122 Å². The number of nitrogens with one attached hydrogen (secondary N) is 2. The van der Waals surface area contributed by atoms with Gasteiger partial charge in [-0.15, -0.1) is 11.3 Å². The molecule has 0 aliphatic carbocycles. The van der Waals surface area contributed by atoms with Crippen molar-refractivity contribution in [3.05, 3.63) is 40.1 Å². The molecule has 0 bridgehead atoms. The molecule has 1 amide bonds. The van der Waals surface area contributed by atoms with Gasteiger partial charge < -0.3 is 10.6 Å². The summed E-state index contributed by atoms with van der Waals surface area (Å²) in [4.78, 5) is 20.6. The molecule has 0 radical (unpaired) electrons. The van der Waals surface area contributed by atoms with Crippen molar-refractivity contribution in [2.24, 2.45) is 0 Å². The molecule has 1 atom stereocenters. The van der Waals surface area contributed by atoms with Crippen LogP contribution in [-0.4, -0.2) is 29.5 Å². The second kappa shape index (κ2) is 6.47. The molecule has 0 saturated heterocycles. The number of anilines is 1. The van der Waals surface area contributed by atoms with E-state index in [1.165, 1.54) is 0 Å². The minimum Gasteiger partial charge on any atom is -0.387 e. The Hall–Kier alpha value is -1.95. The first-order valence-electron chi connectivity index (χ1n) is 6.43. The van der Waals surface area contributed by atoms with E-state index in [0.29, 0.717) is 12.1 Å². The monoisotopic (exact) mass is 290 g/mol. The highest BCUT2D eigenvalue weighted by Crippen LogP contribution is 2.18. The van der Waals surface area contributed by atoms with Crippen LogP contribution in [0.3, 0.4) is 0 Å². The lowest BCUT2D eigenvalue weighted by Gasteiger charge is -2.12. The Bertz CT molecular complexity index is 583. The van der Waals surface area contributed by atoms with Crippen LogP contribution in [0.4, 0.5) is 5.69 Å². The van der Waals surface area contributed by atoms with Crippen LogP contribution in [-0.2, 0) is 0 Å². The molecular weight excluding hydrogens is 272 g/mol. The van der Waals surface area contributed by atoms with Crippen LogP contribution in [0, 0.1) is 6.92 Å². The summed E-state index contributed by atoms with van der Waals surface area (Å²) in [5.41, 5.74) is 2.23. The zero-order valence-corrected chi connectivity index (χ0v) is 12.6. The molecule has 0 aliphatic rings. The van der Waals surface area contributed by atoms with Gasteiger partial charge in [-0.05, 0) is 13.0 Å². The third kappa shape index (κ3) is 3.33. The summed E-state index contributed by atoms with van der Waals surface area (Å²) < 4.78 is 0. The first kappa shape index (κ1) is 14.5. The van der Waals surface area contributed by atoms with Gasteiger partial charge in [0.1, 0.15) is 0 Å². The zero-order chi connectivity index (χ0) is 14.5. The Morgan fingerprint density at radius 1 is 1.45 bits per heavy atom. The minimum atomic E-state index is -0.120. The van der Waals surface area contributed by atoms with Gasteiger partial charge in [0.15, 0.2) is 0 Å². The minimum absolute atomic E-state index is 0.120. The van der Waals surface area contributed by atoms with E-state index in [0.717, 1.165) is 16.4 Å². The number of amides is 1. The second-order valence-electron chi connectivity index (χ2n) is 4.60. The maximum Gasteiger partial charge on any atom is 0.254 e. The Morgan fingerprint density at radius 2 is 2.25 bits per heavy atom. The Kier molecular flexibility index (Phi) is 4.68. The normalized spacial score (nSPS) is 11.9. The molecule has 20 heavy (non-hydrogen) atoms. The molecule has 0 saturated carbocycles. The zero-order valence-electron chi connectivity index (χ0n) is 11.8. The molecule has 2 aromatic heterocycles. The van der Waals surface area contributed by atoms with Crippen LogP contribution >= 0.6 is 11.3 Å². The van der Waals surface area contributed by atoms with E-state index in [1.807, 2.05) is 25.3 Å². The standard InChI is InChI=1S/C14H18N4OS/c1-9(14-16-4-5-20-14)7-18-13(19)11-8-17-10(2)6-12(11)15-3/h4-6,8-9H,7H2,1-3H3,(H,15,17)(H,18,19). The summed E-state index contributed by atoms with van der Waals surface area (Å²) in [6.07, 6.45) is 3.38. The van der Waals surface area contributed by atoms with Gasteiger partial charge in [0, 0.05) is 43.0 Å². The molecule has 0 spiro atoms. The molecule has 2 heterocycles. The number of aromatic nitrogens is 2. The van der Waals surface area contributed by atoms with Crippen molar-refractivity contribution < 1.29 is 4.79 Å². The van der Waals surface area contributed by atoms with E-state index < -0.39 is 0 Å². The van der Waals surface area contributed by atoms with Gasteiger partial charge >= 0.3 is 0 Å². The summed E-state index contributed by atoms with van der Waals surface area (Å²) in [6, 6.07) is 1.86. The highest BCUT2D eigenvalue weighted by atomic mass is 32.1. The van der Waals surface area contributed by atoms with Gasteiger partial charge in [-0.2, -0.15) is 0 Å². The third-order valence-corrected chi connectivity index (χ3v) is 4.00. The largest absolute Gasteiger partial charge is 0.387 e. The number of carbonyl (C=O) groups excluding carboxylic acids is 1. The van der Waals surface area contributed by atoms with E-state index in [-0.39, 0.29) is 11.8 Å². The molecule has 0 fully saturated rings. The lowest BCUT2D eigenvalue weighted by atomic mass is 10.1. The molecule has 106 valence electrons. The fraction of sp³-hybridized carbons (Fsp3) is 0.357. The number of aryl methyl sites for hydroxylation is 1. The third-order valence-electron chi connectivity index (χ3n) is 3.00. The number of hydrogen-bond donors (Lipinski definition) is 2. The van der Waals surface area contributed by atoms with Crippen LogP contribution in [0.15, 0.2) is 23.8 Å². The molecule has 6 heteroatoms. The first-order valence-corrected chi connectivity index (χ1v) is 7.31. The maximum atomic E-state index is 12.2. The molecule has 0 aromatic carbocycles. The molecule has 2 aromatic rings. The SMILES string of the molecule is CNc1cc(C)ncc1C(=O)NCC(C)c1nccs1. The number of rotatable bonds is 5. The van der Waals surface area contributed by atoms with Gasteiger partial charge in [0.2, 0.25) is 0 Å². The average molecular weight is 290 g/mol. The highest BCUT2D eigenvalue weighted by Gasteiger charge is 2.14. The van der Waals surface area contributed by atoms with Crippen LogP contribution in [0.2, 0.25) is 0 Å². The van der Waals surface area contributed by atoms with Gasteiger partial charge in [0.25, 0.3) is 5.91 Å².